The molecule has 1 aliphatic carbocycles. The van der Waals surface area contributed by atoms with Crippen LogP contribution in [0.25, 0.3) is 0 Å². The van der Waals surface area contributed by atoms with E-state index in [1.807, 2.05) is 24.3 Å². The third-order valence-electron chi connectivity index (χ3n) is 7.51. The van der Waals surface area contributed by atoms with E-state index in [1.54, 1.807) is 42.2 Å². The van der Waals surface area contributed by atoms with Crippen LogP contribution in [-0.2, 0) is 6.42 Å². The van der Waals surface area contributed by atoms with Gasteiger partial charge in [-0.2, -0.15) is 0 Å². The van der Waals surface area contributed by atoms with Gasteiger partial charge in [0.1, 0.15) is 5.82 Å². The lowest BCUT2D eigenvalue weighted by atomic mass is 9.76. The maximum atomic E-state index is 13.6. The van der Waals surface area contributed by atoms with Crippen molar-refractivity contribution in [1.29, 1.82) is 0 Å². The Bertz CT molecular complexity index is 1350. The molecule has 1 spiro atoms. The second-order valence-electron chi connectivity index (χ2n) is 9.68. The van der Waals surface area contributed by atoms with Crippen LogP contribution < -0.4 is 10.2 Å². The Labute approximate surface area is 209 Å². The minimum absolute atomic E-state index is 0.126. The first kappa shape index (κ1) is 23.7. The molecule has 0 bridgehead atoms. The van der Waals surface area contributed by atoms with Crippen LogP contribution in [0.2, 0.25) is 0 Å². The smallest absolute Gasteiger partial charge is 0.258 e. The van der Waals surface area contributed by atoms with Crippen LogP contribution in [-0.4, -0.2) is 29.3 Å². The number of hydrogen-bond acceptors (Lipinski definition) is 4. The van der Waals surface area contributed by atoms with Gasteiger partial charge in [0.05, 0.1) is 5.71 Å². The minimum Gasteiger partial charge on any atom is -0.411 e. The van der Waals surface area contributed by atoms with Gasteiger partial charge in [0.15, 0.2) is 0 Å². The van der Waals surface area contributed by atoms with Crippen LogP contribution in [0.4, 0.5) is 15.8 Å². The molecule has 3 aromatic carbocycles. The molecule has 0 saturated heterocycles. The van der Waals surface area contributed by atoms with Crippen molar-refractivity contribution in [1.82, 2.24) is 0 Å². The number of nitrogens with zero attached hydrogens (tertiary/aromatic N) is 2. The van der Waals surface area contributed by atoms with E-state index < -0.39 is 11.7 Å². The molecule has 7 heteroatoms. The second-order valence-corrected chi connectivity index (χ2v) is 9.68. The number of anilines is 2. The molecule has 6 nitrogen and oxygen atoms in total. The summed E-state index contributed by atoms with van der Waals surface area (Å²) in [6.07, 6.45) is 4.19. The summed E-state index contributed by atoms with van der Waals surface area (Å²) in [6, 6.07) is 18.8. The lowest BCUT2D eigenvalue weighted by Crippen LogP contribution is -2.35. The summed E-state index contributed by atoms with van der Waals surface area (Å²) in [5.74, 6) is -1.00. The monoisotopic (exact) mass is 485 g/mol. The first-order valence-electron chi connectivity index (χ1n) is 12.2. The number of para-hydroxylation sites is 1. The largest absolute Gasteiger partial charge is 0.411 e. The fraction of sp³-hybridized carbons (Fsp3) is 0.276. The number of fused-ring (bicyclic) bond motifs is 1. The second kappa shape index (κ2) is 9.57. The fourth-order valence-electron chi connectivity index (χ4n) is 5.54. The number of aryl methyl sites for hydroxylation is 1. The molecule has 36 heavy (non-hydrogen) atoms. The van der Waals surface area contributed by atoms with Crippen molar-refractivity contribution in [2.45, 2.75) is 39.0 Å². The Balaban J connectivity index is 1.37. The summed E-state index contributed by atoms with van der Waals surface area (Å²) < 4.78 is 13.6. The number of rotatable bonds is 3. The zero-order chi connectivity index (χ0) is 25.3. The number of carbonyl (C=O) groups is 2. The zero-order valence-electron chi connectivity index (χ0n) is 20.1. The van der Waals surface area contributed by atoms with Crippen LogP contribution >= 0.6 is 0 Å². The van der Waals surface area contributed by atoms with Crippen LogP contribution in [0, 0.1) is 18.2 Å². The molecule has 1 heterocycles. The van der Waals surface area contributed by atoms with E-state index in [0.29, 0.717) is 23.4 Å². The fourth-order valence-corrected chi connectivity index (χ4v) is 5.54. The number of amides is 2. The average molecular weight is 486 g/mol. The predicted octanol–water partition coefficient (Wildman–Crippen LogP) is 5.98. The van der Waals surface area contributed by atoms with Crippen molar-refractivity contribution < 1.29 is 19.2 Å². The summed E-state index contributed by atoms with van der Waals surface area (Å²) >= 11 is 0. The number of benzene rings is 3. The molecule has 1 fully saturated rings. The standard InChI is InChI=1S/C29H28FN3O3/c1-19-8-11-22(30)17-24(19)27(34)31-23-12-9-20(10-13-23)28(35)33-16-15-29(14-4-7-26(29)32-36)18-21-5-2-3-6-25(21)33/h2-3,5-6,8-13,17,36H,4,7,14-16,18H2,1H3,(H,31,34). The minimum atomic E-state index is -0.471. The van der Waals surface area contributed by atoms with Gasteiger partial charge in [-0.3, -0.25) is 9.59 Å². The van der Waals surface area contributed by atoms with Crippen molar-refractivity contribution in [2.24, 2.45) is 10.6 Å². The van der Waals surface area contributed by atoms with Gasteiger partial charge in [0.2, 0.25) is 0 Å². The first-order chi connectivity index (χ1) is 17.4. The predicted molar refractivity (Wildman–Crippen MR) is 137 cm³/mol. The maximum absolute atomic E-state index is 13.6. The van der Waals surface area contributed by atoms with Crippen molar-refractivity contribution in [3.8, 4) is 0 Å². The number of nitrogens with one attached hydrogen (secondary N) is 1. The number of halogens is 1. The van der Waals surface area contributed by atoms with E-state index in [2.05, 4.69) is 10.5 Å². The molecule has 184 valence electrons. The van der Waals surface area contributed by atoms with Gasteiger partial charge < -0.3 is 15.4 Å². The number of carbonyl (C=O) groups excluding carboxylic acids is 2. The zero-order valence-corrected chi connectivity index (χ0v) is 20.1. The lowest BCUT2D eigenvalue weighted by Gasteiger charge is -2.28. The summed E-state index contributed by atoms with van der Waals surface area (Å²) in [4.78, 5) is 28.1. The highest BCUT2D eigenvalue weighted by molar-refractivity contribution is 6.08. The van der Waals surface area contributed by atoms with Crippen LogP contribution in [0.15, 0.2) is 71.9 Å². The summed E-state index contributed by atoms with van der Waals surface area (Å²) in [7, 11) is 0. The van der Waals surface area contributed by atoms with E-state index in [-0.39, 0.29) is 16.9 Å². The quantitative estimate of drug-likeness (QED) is 0.354. The molecule has 1 unspecified atom stereocenters. The SMILES string of the molecule is Cc1ccc(F)cc1C(=O)Nc1ccc(C(=O)N2CCC3(CCCC3=NO)Cc3ccccc32)cc1. The van der Waals surface area contributed by atoms with Gasteiger partial charge >= 0.3 is 0 Å². The summed E-state index contributed by atoms with van der Waals surface area (Å²) in [5.41, 5.74) is 4.53. The number of hydrogen-bond donors (Lipinski definition) is 2. The molecule has 1 aliphatic heterocycles. The van der Waals surface area contributed by atoms with Crippen LogP contribution in [0.5, 0.6) is 0 Å². The van der Waals surface area contributed by atoms with Gasteiger partial charge in [0.25, 0.3) is 11.8 Å². The Morgan fingerprint density at radius 1 is 1.06 bits per heavy atom. The molecule has 5 rings (SSSR count). The highest BCUT2D eigenvalue weighted by Crippen LogP contribution is 2.46. The Hall–Kier alpha value is -4.00. The van der Waals surface area contributed by atoms with E-state index in [1.165, 1.54) is 12.1 Å². The first-order valence-corrected chi connectivity index (χ1v) is 12.2. The van der Waals surface area contributed by atoms with Gasteiger partial charge in [-0.25, -0.2) is 4.39 Å². The van der Waals surface area contributed by atoms with Crippen LogP contribution in [0.3, 0.4) is 0 Å². The van der Waals surface area contributed by atoms with Crippen molar-refractivity contribution >= 4 is 28.9 Å². The molecule has 2 amide bonds. The molecular formula is C29H28FN3O3. The van der Waals surface area contributed by atoms with E-state index in [0.717, 1.165) is 49.1 Å². The van der Waals surface area contributed by atoms with E-state index in [9.17, 15) is 19.2 Å². The Morgan fingerprint density at radius 2 is 1.83 bits per heavy atom. The average Bonchev–Trinajstić information content (AvgIpc) is 3.20. The third-order valence-corrected chi connectivity index (χ3v) is 7.51. The molecular weight excluding hydrogens is 457 g/mol. The molecule has 1 atom stereocenters. The summed E-state index contributed by atoms with van der Waals surface area (Å²) in [6.45, 7) is 2.27. The summed E-state index contributed by atoms with van der Waals surface area (Å²) in [5, 5.41) is 16.0. The van der Waals surface area contributed by atoms with Gasteiger partial charge in [0, 0.05) is 34.5 Å². The van der Waals surface area contributed by atoms with Gasteiger partial charge in [-0.15, -0.1) is 0 Å². The van der Waals surface area contributed by atoms with Crippen molar-refractivity contribution in [2.75, 3.05) is 16.8 Å². The molecule has 0 aromatic heterocycles. The lowest BCUT2D eigenvalue weighted by molar-refractivity contribution is 0.0984. The Kier molecular flexibility index (Phi) is 6.31. The molecule has 2 aliphatic rings. The number of oxime groups is 1. The van der Waals surface area contributed by atoms with Crippen LogP contribution in [0.1, 0.15) is 57.5 Å². The molecule has 3 aromatic rings. The van der Waals surface area contributed by atoms with Crippen molar-refractivity contribution in [3.63, 3.8) is 0 Å². The highest BCUT2D eigenvalue weighted by atomic mass is 19.1. The van der Waals surface area contributed by atoms with E-state index >= 15 is 0 Å². The topological polar surface area (TPSA) is 82.0 Å². The molecule has 2 N–H and O–H groups in total. The highest BCUT2D eigenvalue weighted by Gasteiger charge is 2.43. The van der Waals surface area contributed by atoms with Gasteiger partial charge in [-0.05, 0) is 92.6 Å². The molecule has 0 radical (unpaired) electrons. The molecule has 1 saturated carbocycles. The maximum Gasteiger partial charge on any atom is 0.258 e. The van der Waals surface area contributed by atoms with Crippen molar-refractivity contribution in [3.05, 3.63) is 94.8 Å². The van der Waals surface area contributed by atoms with Gasteiger partial charge in [-0.1, -0.05) is 29.4 Å². The Morgan fingerprint density at radius 3 is 2.61 bits per heavy atom. The third kappa shape index (κ3) is 4.37. The normalized spacial score (nSPS) is 20.3. The van der Waals surface area contributed by atoms with E-state index in [4.69, 9.17) is 0 Å².